The fourth-order valence-corrected chi connectivity index (χ4v) is 2.67. The largest absolute Gasteiger partial charge is 0.444 e. The second-order valence-corrected chi connectivity index (χ2v) is 5.75. The second-order valence-electron chi connectivity index (χ2n) is 4.93. The van der Waals surface area contributed by atoms with Crippen LogP contribution >= 0.6 is 23.2 Å². The number of ether oxygens (including phenoxy) is 1. The van der Waals surface area contributed by atoms with Crippen LogP contribution in [0.5, 0.6) is 0 Å². The number of halogens is 2. The summed E-state index contributed by atoms with van der Waals surface area (Å²) in [6.45, 7) is 5.60. The Morgan fingerprint density at radius 2 is 1.78 bits per heavy atom. The van der Waals surface area contributed by atoms with Crippen molar-refractivity contribution in [3.05, 3.63) is 82.5 Å². The lowest BCUT2D eigenvalue weighted by Crippen LogP contribution is -2.29. The van der Waals surface area contributed by atoms with Gasteiger partial charge in [-0.05, 0) is 24.6 Å². The van der Waals surface area contributed by atoms with Crippen molar-refractivity contribution in [2.24, 2.45) is 0 Å². The van der Waals surface area contributed by atoms with Crippen molar-refractivity contribution in [2.75, 3.05) is 0 Å². The number of amides is 1. The molecule has 3 nitrogen and oxygen atoms in total. The molecule has 120 valence electrons. The number of rotatable bonds is 5. The van der Waals surface area contributed by atoms with Gasteiger partial charge in [-0.25, -0.2) is 4.79 Å². The number of hydrogen-bond donors (Lipinski definition) is 0. The molecule has 0 aliphatic carbocycles. The first-order valence-corrected chi connectivity index (χ1v) is 7.85. The standard InChI is InChI=1S/C18H17Cl2NO2/c1-3-21(13(2)14-8-5-4-6-9-14)18(22)23-12-15-16(19)10-7-11-17(15)20/h3-11,13H,1,12H2,2H3/t13-/m0/s1. The Morgan fingerprint density at radius 3 is 2.35 bits per heavy atom. The number of carbonyl (C=O) groups excluding carboxylic acids is 1. The van der Waals surface area contributed by atoms with Gasteiger partial charge in [-0.15, -0.1) is 0 Å². The molecule has 0 radical (unpaired) electrons. The molecule has 0 fully saturated rings. The molecule has 0 bridgehead atoms. The molecule has 0 unspecified atom stereocenters. The van der Waals surface area contributed by atoms with Crippen LogP contribution in [-0.2, 0) is 11.3 Å². The highest BCUT2D eigenvalue weighted by Crippen LogP contribution is 2.26. The third-order valence-electron chi connectivity index (χ3n) is 3.51. The van der Waals surface area contributed by atoms with Crippen LogP contribution in [0.15, 0.2) is 61.3 Å². The molecule has 0 spiro atoms. The fourth-order valence-electron chi connectivity index (χ4n) is 2.16. The Balaban J connectivity index is 2.07. The van der Waals surface area contributed by atoms with Crippen molar-refractivity contribution in [3.63, 3.8) is 0 Å². The number of carbonyl (C=O) groups is 1. The van der Waals surface area contributed by atoms with E-state index in [4.69, 9.17) is 27.9 Å². The van der Waals surface area contributed by atoms with Crippen LogP contribution in [0.25, 0.3) is 0 Å². The maximum Gasteiger partial charge on any atom is 0.414 e. The summed E-state index contributed by atoms with van der Waals surface area (Å²) in [4.78, 5) is 13.8. The minimum Gasteiger partial charge on any atom is -0.444 e. The highest BCUT2D eigenvalue weighted by atomic mass is 35.5. The monoisotopic (exact) mass is 349 g/mol. The van der Waals surface area contributed by atoms with Gasteiger partial charge >= 0.3 is 6.09 Å². The van der Waals surface area contributed by atoms with Gasteiger partial charge in [-0.2, -0.15) is 0 Å². The Bertz CT molecular complexity index is 668. The van der Waals surface area contributed by atoms with Crippen molar-refractivity contribution in [2.45, 2.75) is 19.6 Å². The van der Waals surface area contributed by atoms with Crippen molar-refractivity contribution < 1.29 is 9.53 Å². The summed E-state index contributed by atoms with van der Waals surface area (Å²) in [6.07, 6.45) is 0.945. The Hall–Kier alpha value is -1.97. The van der Waals surface area contributed by atoms with Crippen molar-refractivity contribution in [1.82, 2.24) is 4.90 Å². The van der Waals surface area contributed by atoms with Crippen LogP contribution in [0.2, 0.25) is 10.0 Å². The Kier molecular flexibility index (Phi) is 6.08. The van der Waals surface area contributed by atoms with Crippen LogP contribution in [-0.4, -0.2) is 11.0 Å². The number of nitrogens with zero attached hydrogens (tertiary/aromatic N) is 1. The molecule has 1 amide bonds. The third-order valence-corrected chi connectivity index (χ3v) is 4.22. The van der Waals surface area contributed by atoms with Crippen molar-refractivity contribution in [1.29, 1.82) is 0 Å². The Labute approximate surface area is 146 Å². The smallest absolute Gasteiger partial charge is 0.414 e. The molecule has 2 aromatic carbocycles. The predicted octanol–water partition coefficient (Wildman–Crippen LogP) is 5.84. The lowest BCUT2D eigenvalue weighted by atomic mass is 10.1. The summed E-state index contributed by atoms with van der Waals surface area (Å²) in [5.74, 6) is 0. The lowest BCUT2D eigenvalue weighted by Gasteiger charge is -2.25. The minimum atomic E-state index is -0.507. The van der Waals surface area contributed by atoms with E-state index in [1.807, 2.05) is 37.3 Å². The van der Waals surface area contributed by atoms with Gasteiger partial charge in [0, 0.05) is 21.8 Å². The molecule has 0 N–H and O–H groups in total. The zero-order chi connectivity index (χ0) is 16.8. The fraction of sp³-hybridized carbons (Fsp3) is 0.167. The summed E-state index contributed by atoms with van der Waals surface area (Å²) in [5, 5.41) is 0.929. The summed E-state index contributed by atoms with van der Waals surface area (Å²) >= 11 is 12.2. The third kappa shape index (κ3) is 4.27. The molecule has 0 heterocycles. The van der Waals surface area contributed by atoms with Crippen LogP contribution in [0.3, 0.4) is 0 Å². The number of benzene rings is 2. The molecule has 23 heavy (non-hydrogen) atoms. The molecule has 0 aliphatic heterocycles. The summed E-state index contributed by atoms with van der Waals surface area (Å²) in [5.41, 5.74) is 1.57. The first kappa shape index (κ1) is 17.4. The molecule has 0 aliphatic rings. The molecule has 1 atom stereocenters. The van der Waals surface area contributed by atoms with E-state index in [1.165, 1.54) is 11.1 Å². The summed E-state index contributed by atoms with van der Waals surface area (Å²) in [6, 6.07) is 14.6. The maximum absolute atomic E-state index is 12.3. The van der Waals surface area contributed by atoms with E-state index in [2.05, 4.69) is 6.58 Å². The van der Waals surface area contributed by atoms with E-state index in [0.717, 1.165) is 5.56 Å². The van der Waals surface area contributed by atoms with Gasteiger partial charge < -0.3 is 4.74 Å². The average molecular weight is 350 g/mol. The van der Waals surface area contributed by atoms with E-state index in [-0.39, 0.29) is 12.6 Å². The van der Waals surface area contributed by atoms with Gasteiger partial charge in [0.15, 0.2) is 0 Å². The quantitative estimate of drug-likeness (QED) is 0.678. The normalized spacial score (nSPS) is 11.6. The molecule has 5 heteroatoms. The first-order valence-electron chi connectivity index (χ1n) is 7.10. The van der Waals surface area contributed by atoms with E-state index < -0.39 is 6.09 Å². The van der Waals surface area contributed by atoms with Gasteiger partial charge in [-0.1, -0.05) is 66.2 Å². The molecule has 2 aromatic rings. The molecule has 0 aromatic heterocycles. The molecular weight excluding hydrogens is 333 g/mol. The highest BCUT2D eigenvalue weighted by Gasteiger charge is 2.21. The highest BCUT2D eigenvalue weighted by molar-refractivity contribution is 6.35. The minimum absolute atomic E-state index is 0.00316. The van der Waals surface area contributed by atoms with Crippen LogP contribution in [0, 0.1) is 0 Å². The van der Waals surface area contributed by atoms with Crippen LogP contribution in [0.4, 0.5) is 4.79 Å². The lowest BCUT2D eigenvalue weighted by molar-refractivity contribution is 0.101. The molecule has 0 saturated carbocycles. The van der Waals surface area contributed by atoms with Crippen molar-refractivity contribution in [3.8, 4) is 0 Å². The van der Waals surface area contributed by atoms with Crippen LogP contribution in [0.1, 0.15) is 24.1 Å². The topological polar surface area (TPSA) is 29.5 Å². The van der Waals surface area contributed by atoms with Gasteiger partial charge in [0.1, 0.15) is 6.61 Å². The van der Waals surface area contributed by atoms with E-state index in [0.29, 0.717) is 15.6 Å². The van der Waals surface area contributed by atoms with E-state index in [1.54, 1.807) is 18.2 Å². The summed E-state index contributed by atoms with van der Waals surface area (Å²) < 4.78 is 5.33. The first-order chi connectivity index (χ1) is 11.0. The molecule has 2 rings (SSSR count). The number of hydrogen-bond acceptors (Lipinski definition) is 2. The molecule has 0 saturated heterocycles. The Morgan fingerprint density at radius 1 is 1.17 bits per heavy atom. The predicted molar refractivity (Wildman–Crippen MR) is 93.5 cm³/mol. The second kappa shape index (κ2) is 8.04. The molecular formula is C18H17Cl2NO2. The van der Waals surface area contributed by atoms with Gasteiger partial charge in [0.05, 0.1) is 6.04 Å². The van der Waals surface area contributed by atoms with Gasteiger partial charge in [-0.3, -0.25) is 4.90 Å². The van der Waals surface area contributed by atoms with E-state index >= 15 is 0 Å². The van der Waals surface area contributed by atoms with Gasteiger partial charge in [0.2, 0.25) is 0 Å². The van der Waals surface area contributed by atoms with Crippen LogP contribution < -0.4 is 0 Å². The maximum atomic E-state index is 12.3. The SMILES string of the molecule is C=CN(C(=O)OCc1c(Cl)cccc1Cl)[C@@H](C)c1ccccc1. The zero-order valence-electron chi connectivity index (χ0n) is 12.7. The zero-order valence-corrected chi connectivity index (χ0v) is 14.2. The van der Waals surface area contributed by atoms with E-state index in [9.17, 15) is 4.79 Å². The van der Waals surface area contributed by atoms with Crippen molar-refractivity contribution >= 4 is 29.3 Å². The van der Waals surface area contributed by atoms with Gasteiger partial charge in [0.25, 0.3) is 0 Å². The average Bonchev–Trinajstić information content (AvgIpc) is 2.55. The summed E-state index contributed by atoms with van der Waals surface area (Å²) in [7, 11) is 0.